The first-order valence-corrected chi connectivity index (χ1v) is 9.19. The van der Waals surface area contributed by atoms with Crippen LogP contribution in [-0.2, 0) is 10.2 Å². The molecular formula is C21H21ClN2O2. The third-order valence-corrected chi connectivity index (χ3v) is 5.75. The largest absolute Gasteiger partial charge is 0.331 e. The minimum Gasteiger partial charge on any atom is -0.331 e. The standard InChI is InChI=1S/C21H21ClN2O2/c1-21(2)13-24-18(14-7-3-5-9-16(14)21)11-23(12-19(24)25)20(26)15-8-4-6-10-17(15)22/h3-10,18H,11-13H2,1-2H3. The molecule has 0 bridgehead atoms. The van der Waals surface area contributed by atoms with Crippen LogP contribution in [-0.4, -0.2) is 41.2 Å². The summed E-state index contributed by atoms with van der Waals surface area (Å²) in [7, 11) is 0. The second-order valence-electron chi connectivity index (χ2n) is 7.67. The van der Waals surface area contributed by atoms with Crippen molar-refractivity contribution in [2.24, 2.45) is 0 Å². The molecule has 2 aliphatic heterocycles. The quantitative estimate of drug-likeness (QED) is 0.770. The second-order valence-corrected chi connectivity index (χ2v) is 8.08. The third kappa shape index (κ3) is 2.69. The first-order chi connectivity index (χ1) is 12.4. The van der Waals surface area contributed by atoms with Gasteiger partial charge in [-0.05, 0) is 23.3 Å². The van der Waals surface area contributed by atoms with Gasteiger partial charge in [0.25, 0.3) is 5.91 Å². The van der Waals surface area contributed by atoms with Gasteiger partial charge in [0.15, 0.2) is 0 Å². The topological polar surface area (TPSA) is 40.6 Å². The van der Waals surface area contributed by atoms with Crippen molar-refractivity contribution in [3.63, 3.8) is 0 Å². The number of fused-ring (bicyclic) bond motifs is 3. The normalized spacial score (nSPS) is 21.2. The van der Waals surface area contributed by atoms with Crippen molar-refractivity contribution in [3.05, 3.63) is 70.2 Å². The van der Waals surface area contributed by atoms with Crippen LogP contribution >= 0.6 is 11.6 Å². The number of hydrogen-bond acceptors (Lipinski definition) is 2. The van der Waals surface area contributed by atoms with Crippen LogP contribution in [0.25, 0.3) is 0 Å². The number of carbonyl (C=O) groups excluding carboxylic acids is 2. The molecule has 134 valence electrons. The smallest absolute Gasteiger partial charge is 0.255 e. The van der Waals surface area contributed by atoms with Crippen molar-refractivity contribution in [1.29, 1.82) is 0 Å². The highest BCUT2D eigenvalue weighted by Gasteiger charge is 2.44. The van der Waals surface area contributed by atoms with Crippen molar-refractivity contribution >= 4 is 23.4 Å². The molecule has 0 aliphatic carbocycles. The van der Waals surface area contributed by atoms with Crippen LogP contribution in [0.15, 0.2) is 48.5 Å². The highest BCUT2D eigenvalue weighted by atomic mass is 35.5. The van der Waals surface area contributed by atoms with Gasteiger partial charge in [0, 0.05) is 18.5 Å². The molecular weight excluding hydrogens is 348 g/mol. The lowest BCUT2D eigenvalue weighted by atomic mass is 9.75. The Morgan fingerprint density at radius 3 is 2.58 bits per heavy atom. The average molecular weight is 369 g/mol. The van der Waals surface area contributed by atoms with Gasteiger partial charge in [0.05, 0.1) is 16.6 Å². The number of nitrogens with zero attached hydrogens (tertiary/aromatic N) is 2. The van der Waals surface area contributed by atoms with E-state index in [1.807, 2.05) is 17.0 Å². The number of carbonyl (C=O) groups is 2. The number of amides is 2. The van der Waals surface area contributed by atoms with Gasteiger partial charge in [0.1, 0.15) is 6.54 Å². The molecule has 0 N–H and O–H groups in total. The lowest BCUT2D eigenvalue weighted by Crippen LogP contribution is -2.58. The van der Waals surface area contributed by atoms with Crippen LogP contribution in [0.3, 0.4) is 0 Å². The first-order valence-electron chi connectivity index (χ1n) is 8.81. The molecule has 2 heterocycles. The van der Waals surface area contributed by atoms with E-state index < -0.39 is 0 Å². The minimum atomic E-state index is -0.189. The molecule has 1 atom stereocenters. The molecule has 1 unspecified atom stereocenters. The lowest BCUT2D eigenvalue weighted by Gasteiger charge is -2.49. The SMILES string of the molecule is CC1(C)CN2C(=O)CN(C(=O)c3ccccc3Cl)CC2c2ccccc21. The van der Waals surface area contributed by atoms with Gasteiger partial charge in [-0.2, -0.15) is 0 Å². The van der Waals surface area contributed by atoms with Gasteiger partial charge in [-0.3, -0.25) is 9.59 Å². The highest BCUT2D eigenvalue weighted by molar-refractivity contribution is 6.33. The maximum absolute atomic E-state index is 13.0. The molecule has 4 rings (SSSR count). The Morgan fingerprint density at radius 1 is 1.12 bits per heavy atom. The maximum atomic E-state index is 13.0. The Balaban J connectivity index is 1.70. The van der Waals surface area contributed by atoms with E-state index in [2.05, 4.69) is 26.0 Å². The molecule has 2 aliphatic rings. The molecule has 4 nitrogen and oxygen atoms in total. The Kier molecular flexibility index (Phi) is 4.03. The average Bonchev–Trinajstić information content (AvgIpc) is 2.62. The highest BCUT2D eigenvalue weighted by Crippen LogP contribution is 2.41. The summed E-state index contributed by atoms with van der Waals surface area (Å²) in [6, 6.07) is 15.1. The number of rotatable bonds is 1. The molecule has 1 fully saturated rings. The van der Waals surface area contributed by atoms with Crippen molar-refractivity contribution in [1.82, 2.24) is 9.80 Å². The van der Waals surface area contributed by atoms with Crippen LogP contribution in [0.5, 0.6) is 0 Å². The van der Waals surface area contributed by atoms with Crippen LogP contribution < -0.4 is 0 Å². The maximum Gasteiger partial charge on any atom is 0.255 e. The minimum absolute atomic E-state index is 0.00997. The fourth-order valence-corrected chi connectivity index (χ4v) is 4.36. The lowest BCUT2D eigenvalue weighted by molar-refractivity contribution is -0.140. The van der Waals surface area contributed by atoms with E-state index in [1.165, 1.54) is 5.56 Å². The number of hydrogen-bond donors (Lipinski definition) is 0. The molecule has 0 aromatic heterocycles. The zero-order valence-corrected chi connectivity index (χ0v) is 15.7. The van der Waals surface area contributed by atoms with Gasteiger partial charge < -0.3 is 9.80 Å². The van der Waals surface area contributed by atoms with Gasteiger partial charge in [0.2, 0.25) is 5.91 Å². The Morgan fingerprint density at radius 2 is 1.81 bits per heavy atom. The number of halogens is 1. The Bertz CT molecular complexity index is 893. The van der Waals surface area contributed by atoms with Gasteiger partial charge in [-0.1, -0.05) is 61.8 Å². The summed E-state index contributed by atoms with van der Waals surface area (Å²) in [6.07, 6.45) is 0. The van der Waals surface area contributed by atoms with E-state index >= 15 is 0 Å². The van der Waals surface area contributed by atoms with E-state index in [9.17, 15) is 9.59 Å². The summed E-state index contributed by atoms with van der Waals surface area (Å²) in [5.41, 5.74) is 2.73. The molecule has 2 amide bonds. The van der Waals surface area contributed by atoms with E-state index in [0.29, 0.717) is 23.7 Å². The van der Waals surface area contributed by atoms with Crippen molar-refractivity contribution in [3.8, 4) is 0 Å². The summed E-state index contributed by atoms with van der Waals surface area (Å²) < 4.78 is 0. The molecule has 1 saturated heterocycles. The predicted octanol–water partition coefficient (Wildman–Crippen LogP) is 3.66. The van der Waals surface area contributed by atoms with E-state index in [1.54, 1.807) is 29.2 Å². The number of benzene rings is 2. The van der Waals surface area contributed by atoms with Gasteiger partial charge >= 0.3 is 0 Å². The van der Waals surface area contributed by atoms with Crippen LogP contribution in [0.4, 0.5) is 0 Å². The Hall–Kier alpha value is -2.33. The third-order valence-electron chi connectivity index (χ3n) is 5.42. The van der Waals surface area contributed by atoms with Gasteiger partial charge in [-0.15, -0.1) is 0 Å². The fourth-order valence-electron chi connectivity index (χ4n) is 4.14. The van der Waals surface area contributed by atoms with E-state index in [0.717, 1.165) is 5.56 Å². The summed E-state index contributed by atoms with van der Waals surface area (Å²) in [4.78, 5) is 29.4. The fraction of sp³-hybridized carbons (Fsp3) is 0.333. The predicted molar refractivity (Wildman–Crippen MR) is 101 cm³/mol. The van der Waals surface area contributed by atoms with Crippen molar-refractivity contribution in [2.45, 2.75) is 25.3 Å². The summed E-state index contributed by atoms with van der Waals surface area (Å²) in [5, 5.41) is 0.414. The molecule has 26 heavy (non-hydrogen) atoms. The molecule has 5 heteroatoms. The summed E-state index contributed by atoms with van der Waals surface area (Å²) in [5.74, 6) is -0.199. The molecule has 0 radical (unpaired) electrons. The zero-order valence-electron chi connectivity index (χ0n) is 14.9. The monoisotopic (exact) mass is 368 g/mol. The van der Waals surface area contributed by atoms with E-state index in [-0.39, 0.29) is 29.8 Å². The first kappa shape index (κ1) is 17.1. The molecule has 2 aromatic rings. The van der Waals surface area contributed by atoms with Gasteiger partial charge in [-0.25, -0.2) is 0 Å². The second kappa shape index (κ2) is 6.13. The number of piperazine rings is 1. The zero-order chi connectivity index (χ0) is 18.5. The molecule has 0 saturated carbocycles. The summed E-state index contributed by atoms with van der Waals surface area (Å²) >= 11 is 6.19. The van der Waals surface area contributed by atoms with Crippen LogP contribution in [0, 0.1) is 0 Å². The van der Waals surface area contributed by atoms with Crippen LogP contribution in [0.1, 0.15) is 41.4 Å². The van der Waals surface area contributed by atoms with E-state index in [4.69, 9.17) is 11.6 Å². The summed E-state index contributed by atoms with van der Waals surface area (Å²) in [6.45, 7) is 5.58. The molecule has 2 aromatic carbocycles. The van der Waals surface area contributed by atoms with Crippen molar-refractivity contribution in [2.75, 3.05) is 19.6 Å². The molecule has 0 spiro atoms. The van der Waals surface area contributed by atoms with Crippen LogP contribution in [0.2, 0.25) is 5.02 Å². The van der Waals surface area contributed by atoms with Crippen molar-refractivity contribution < 1.29 is 9.59 Å². The Labute approximate surface area is 158 Å².